The lowest BCUT2D eigenvalue weighted by Crippen LogP contribution is -2.46. The van der Waals surface area contributed by atoms with E-state index in [0.717, 1.165) is 0 Å². The van der Waals surface area contributed by atoms with E-state index in [1.165, 1.54) is 0 Å². The molecule has 0 amide bonds. The van der Waals surface area contributed by atoms with Crippen LogP contribution in [0, 0.1) is 0 Å². The highest BCUT2D eigenvalue weighted by atomic mass is 16.7. The molecule has 0 fully saturated rings. The first-order valence-corrected chi connectivity index (χ1v) is 3.92. The molecule has 0 radical (unpaired) electrons. The number of nitrogens with zero attached hydrogens (tertiary/aromatic N) is 1. The second-order valence-corrected chi connectivity index (χ2v) is 2.33. The molecule has 0 aromatic carbocycles. The Hall–Kier alpha value is -0.810. The Morgan fingerprint density at radius 1 is 1.33 bits per heavy atom. The Morgan fingerprint density at radius 2 is 1.75 bits per heavy atom. The number of amidine groups is 1. The maximum Gasteiger partial charge on any atom is 0.226 e. The Bertz CT molecular complexity index is 153. The van der Waals surface area contributed by atoms with Crippen LogP contribution in [0.4, 0.5) is 0 Å². The third-order valence-electron chi connectivity index (χ3n) is 1.44. The highest BCUT2D eigenvalue weighted by Gasteiger charge is 2.30. The van der Waals surface area contributed by atoms with Crippen molar-refractivity contribution < 1.29 is 9.47 Å². The summed E-state index contributed by atoms with van der Waals surface area (Å²) in [6.45, 7) is 6.37. The minimum atomic E-state index is -0.988. The molecule has 12 heavy (non-hydrogen) atoms. The Kier molecular flexibility index (Phi) is 4.61. The summed E-state index contributed by atoms with van der Waals surface area (Å²) in [5.74, 6) is 4.18. The first-order chi connectivity index (χ1) is 5.60. The fourth-order valence-corrected chi connectivity index (χ4v) is 0.858. The van der Waals surface area contributed by atoms with E-state index in [9.17, 15) is 0 Å². The van der Waals surface area contributed by atoms with Crippen molar-refractivity contribution in [1.82, 2.24) is 0 Å². The lowest BCUT2D eigenvalue weighted by molar-refractivity contribution is -0.171. The normalized spacial score (nSPS) is 13.4. The zero-order chi connectivity index (χ0) is 9.61. The van der Waals surface area contributed by atoms with Crippen LogP contribution in [0.15, 0.2) is 5.10 Å². The molecule has 0 aromatic rings. The van der Waals surface area contributed by atoms with Gasteiger partial charge in [0.1, 0.15) is 0 Å². The van der Waals surface area contributed by atoms with Crippen molar-refractivity contribution in [2.75, 3.05) is 13.2 Å². The van der Waals surface area contributed by atoms with Gasteiger partial charge >= 0.3 is 0 Å². The molecule has 0 aliphatic heterocycles. The second kappa shape index (κ2) is 4.95. The lowest BCUT2D eigenvalue weighted by Gasteiger charge is -2.27. The number of rotatable bonds is 5. The highest BCUT2D eigenvalue weighted by molar-refractivity contribution is 5.86. The highest BCUT2D eigenvalue weighted by Crippen LogP contribution is 2.11. The van der Waals surface area contributed by atoms with Gasteiger partial charge in [-0.05, 0) is 20.8 Å². The van der Waals surface area contributed by atoms with E-state index in [-0.39, 0.29) is 5.84 Å². The summed E-state index contributed by atoms with van der Waals surface area (Å²) in [6.07, 6.45) is 0. The minimum Gasteiger partial charge on any atom is -0.381 e. The monoisotopic (exact) mass is 175 g/mol. The smallest absolute Gasteiger partial charge is 0.226 e. The Morgan fingerprint density at radius 3 is 2.00 bits per heavy atom. The fraction of sp³-hybridized carbons (Fsp3) is 0.857. The first kappa shape index (κ1) is 11.2. The van der Waals surface area contributed by atoms with Crippen molar-refractivity contribution >= 4 is 5.84 Å². The summed E-state index contributed by atoms with van der Waals surface area (Å²) in [4.78, 5) is 0. The van der Waals surface area contributed by atoms with Crippen molar-refractivity contribution in [2.45, 2.75) is 26.6 Å². The standard InChI is InChI=1S/C7H17N3O2/c1-4-11-7(3,12-5-2)6(8)10-9/h4-5,9H2,1-3H3,(H2,8,10). The van der Waals surface area contributed by atoms with Crippen LogP contribution in [0.3, 0.4) is 0 Å². The van der Waals surface area contributed by atoms with Gasteiger partial charge in [0, 0.05) is 13.2 Å². The van der Waals surface area contributed by atoms with E-state index in [2.05, 4.69) is 5.10 Å². The lowest BCUT2D eigenvalue weighted by atomic mass is 10.3. The number of ether oxygens (including phenoxy) is 2. The number of hydrogen-bond donors (Lipinski definition) is 2. The Balaban J connectivity index is 4.37. The van der Waals surface area contributed by atoms with Gasteiger partial charge in [0.25, 0.3) is 0 Å². The quantitative estimate of drug-likeness (QED) is 0.203. The molecule has 5 nitrogen and oxygen atoms in total. The molecular formula is C7H17N3O2. The average Bonchev–Trinajstić information content (AvgIpc) is 2.04. The summed E-state index contributed by atoms with van der Waals surface area (Å²) in [7, 11) is 0. The predicted octanol–water partition coefficient (Wildman–Crippen LogP) is 0.00650. The van der Waals surface area contributed by atoms with Gasteiger partial charge in [-0.25, -0.2) is 0 Å². The Labute approximate surface area is 72.7 Å². The van der Waals surface area contributed by atoms with Gasteiger partial charge in [0.2, 0.25) is 5.79 Å². The maximum atomic E-state index is 5.50. The molecule has 72 valence electrons. The van der Waals surface area contributed by atoms with Crippen LogP contribution < -0.4 is 11.6 Å². The van der Waals surface area contributed by atoms with Crippen LogP contribution in [0.25, 0.3) is 0 Å². The molecular weight excluding hydrogens is 158 g/mol. The van der Waals surface area contributed by atoms with Crippen LogP contribution in [-0.4, -0.2) is 24.8 Å². The van der Waals surface area contributed by atoms with E-state index in [1.807, 2.05) is 13.8 Å². The molecule has 0 atom stereocenters. The predicted molar refractivity (Wildman–Crippen MR) is 47.5 cm³/mol. The van der Waals surface area contributed by atoms with Gasteiger partial charge in [-0.15, -0.1) is 0 Å². The topological polar surface area (TPSA) is 82.9 Å². The van der Waals surface area contributed by atoms with Crippen molar-refractivity contribution in [3.63, 3.8) is 0 Å². The van der Waals surface area contributed by atoms with Gasteiger partial charge in [-0.2, -0.15) is 5.10 Å². The van der Waals surface area contributed by atoms with Crippen molar-refractivity contribution in [3.05, 3.63) is 0 Å². The van der Waals surface area contributed by atoms with Gasteiger partial charge in [0.05, 0.1) is 0 Å². The van der Waals surface area contributed by atoms with E-state index < -0.39 is 5.79 Å². The van der Waals surface area contributed by atoms with E-state index in [4.69, 9.17) is 21.1 Å². The molecule has 0 rings (SSSR count). The average molecular weight is 175 g/mol. The van der Waals surface area contributed by atoms with Crippen LogP contribution >= 0.6 is 0 Å². The fourth-order valence-electron chi connectivity index (χ4n) is 0.858. The van der Waals surface area contributed by atoms with Crippen LogP contribution in [0.5, 0.6) is 0 Å². The second-order valence-electron chi connectivity index (χ2n) is 2.33. The third-order valence-corrected chi connectivity index (χ3v) is 1.44. The summed E-state index contributed by atoms with van der Waals surface area (Å²) in [6, 6.07) is 0. The van der Waals surface area contributed by atoms with Crippen LogP contribution in [0.2, 0.25) is 0 Å². The molecule has 5 heteroatoms. The van der Waals surface area contributed by atoms with Gasteiger partial charge in [-0.3, -0.25) is 0 Å². The minimum absolute atomic E-state index is 0.145. The molecule has 0 spiro atoms. The largest absolute Gasteiger partial charge is 0.381 e. The summed E-state index contributed by atoms with van der Waals surface area (Å²) in [5.41, 5.74) is 5.50. The molecule has 0 aliphatic carbocycles. The van der Waals surface area contributed by atoms with Gasteiger partial charge in [0.15, 0.2) is 5.84 Å². The summed E-state index contributed by atoms with van der Waals surface area (Å²) in [5, 5.41) is 3.34. The van der Waals surface area contributed by atoms with Gasteiger partial charge in [-0.1, -0.05) is 0 Å². The van der Waals surface area contributed by atoms with Crippen LogP contribution in [-0.2, 0) is 9.47 Å². The molecule has 0 aromatic heterocycles. The molecule has 4 N–H and O–H groups in total. The molecule has 0 bridgehead atoms. The van der Waals surface area contributed by atoms with E-state index >= 15 is 0 Å². The van der Waals surface area contributed by atoms with E-state index in [0.29, 0.717) is 13.2 Å². The summed E-state index contributed by atoms with van der Waals surface area (Å²) < 4.78 is 10.5. The van der Waals surface area contributed by atoms with Crippen molar-refractivity contribution in [3.8, 4) is 0 Å². The molecule has 0 unspecified atom stereocenters. The molecule has 0 aliphatic rings. The zero-order valence-corrected chi connectivity index (χ0v) is 7.83. The zero-order valence-electron chi connectivity index (χ0n) is 7.83. The SMILES string of the molecule is CCOC(C)(OCC)C(N)=NN. The maximum absolute atomic E-state index is 5.50. The van der Waals surface area contributed by atoms with E-state index in [1.54, 1.807) is 6.92 Å². The molecule has 0 saturated heterocycles. The first-order valence-electron chi connectivity index (χ1n) is 3.92. The third kappa shape index (κ3) is 2.67. The number of hydrazone groups is 1. The van der Waals surface area contributed by atoms with Crippen molar-refractivity contribution in [2.24, 2.45) is 16.7 Å². The number of hydrogen-bond acceptors (Lipinski definition) is 4. The van der Waals surface area contributed by atoms with Crippen molar-refractivity contribution in [1.29, 1.82) is 0 Å². The van der Waals surface area contributed by atoms with Crippen LogP contribution in [0.1, 0.15) is 20.8 Å². The van der Waals surface area contributed by atoms with Gasteiger partial charge < -0.3 is 21.1 Å². The molecule has 0 saturated carbocycles. The number of nitrogens with two attached hydrogens (primary N) is 2. The summed E-state index contributed by atoms with van der Waals surface area (Å²) >= 11 is 0. The molecule has 0 heterocycles.